The summed E-state index contributed by atoms with van der Waals surface area (Å²) < 4.78 is 5.94. The number of thioether (sulfide) groups is 1. The van der Waals surface area contributed by atoms with E-state index in [9.17, 15) is 77.6 Å². The number of hydrogen-bond donors (Lipinski definition) is 13. The van der Waals surface area contributed by atoms with E-state index in [4.69, 9.17) is 33.8 Å². The predicted molar refractivity (Wildman–Crippen MR) is 432 cm³/mol. The second kappa shape index (κ2) is 44.9. The van der Waals surface area contributed by atoms with Gasteiger partial charge in [0.25, 0.3) is 5.91 Å². The van der Waals surface area contributed by atoms with Crippen LogP contribution in [0.4, 0.5) is 5.69 Å². The molecule has 2 bridgehead atoms. The lowest BCUT2D eigenvalue weighted by Crippen LogP contribution is -2.54. The lowest BCUT2D eigenvalue weighted by molar-refractivity contribution is -0.139. The minimum atomic E-state index is -1.26. The number of carbonyl (C=O) groups is 12. The van der Waals surface area contributed by atoms with E-state index in [0.717, 1.165) is 11.1 Å². The molecule has 3 aliphatic heterocycles. The molecule has 5 atom stereocenters. The number of hydrogen-bond acceptors (Lipinski definition) is 19. The van der Waals surface area contributed by atoms with Gasteiger partial charge in [0.05, 0.1) is 31.7 Å². The number of carboxylic acids is 2. The molecular weight excluding hydrogens is 1490 g/mol. The molecule has 608 valence electrons. The van der Waals surface area contributed by atoms with Gasteiger partial charge in [-0.15, -0.1) is 0 Å². The van der Waals surface area contributed by atoms with Gasteiger partial charge in [0.2, 0.25) is 53.2 Å². The van der Waals surface area contributed by atoms with E-state index in [0.29, 0.717) is 64.8 Å². The van der Waals surface area contributed by atoms with Gasteiger partial charge < -0.3 is 93.8 Å². The number of nitrogens with zero attached hydrogens (tertiary/aromatic N) is 4. The topological polar surface area (TPSA) is 471 Å². The van der Waals surface area contributed by atoms with Gasteiger partial charge in [-0.05, 0) is 162 Å². The molecule has 0 unspecified atom stereocenters. The normalized spacial score (nSPS) is 17.4. The molecule has 3 heterocycles. The second-order valence-corrected chi connectivity index (χ2v) is 30.1. The number of amides is 10. The quantitative estimate of drug-likeness (QED) is 0.0152. The van der Waals surface area contributed by atoms with E-state index in [2.05, 4.69) is 37.2 Å². The number of nitrogens with two attached hydrogens (primary N) is 3. The number of aromatic carboxylic acids is 1. The number of benzene rings is 5. The van der Waals surface area contributed by atoms with E-state index in [1.54, 1.807) is 62.4 Å². The van der Waals surface area contributed by atoms with Crippen LogP contribution in [-0.2, 0) is 60.1 Å². The van der Waals surface area contributed by atoms with Gasteiger partial charge in [-0.3, -0.25) is 57.5 Å². The maximum atomic E-state index is 14.4. The smallest absolute Gasteiger partial charge is 0.336 e. The molecule has 113 heavy (non-hydrogen) atoms. The molecule has 4 aliphatic rings. The molecule has 0 saturated heterocycles. The van der Waals surface area contributed by atoms with Gasteiger partial charge >= 0.3 is 11.9 Å². The van der Waals surface area contributed by atoms with Crippen molar-refractivity contribution in [2.75, 3.05) is 83.1 Å². The zero-order chi connectivity index (χ0) is 82.3. The van der Waals surface area contributed by atoms with Crippen LogP contribution in [0.25, 0.3) is 33.4 Å². The molecule has 10 amide bonds. The number of aryl methyl sites for hydroxylation is 1. The Morgan fingerprint density at radius 1 is 0.673 bits per heavy atom. The van der Waals surface area contributed by atoms with E-state index in [-0.39, 0.29) is 142 Å². The molecule has 16 N–H and O–H groups in total. The van der Waals surface area contributed by atoms with Crippen molar-refractivity contribution in [1.82, 2.24) is 51.5 Å². The highest BCUT2D eigenvalue weighted by Crippen LogP contribution is 2.42. The first-order chi connectivity index (χ1) is 53.9. The summed E-state index contributed by atoms with van der Waals surface area (Å²) in [7, 11) is 0. The van der Waals surface area contributed by atoms with Crippen LogP contribution in [-0.4, -0.2) is 219 Å². The third kappa shape index (κ3) is 29.5. The molecule has 0 radical (unpaired) electrons. The number of rotatable bonds is 26. The summed E-state index contributed by atoms with van der Waals surface area (Å²) in [5, 5.41) is 51.4. The fraction of sp³-hybridized carbons (Fsp3) is 0.450. The van der Waals surface area contributed by atoms with Gasteiger partial charge in [-0.1, -0.05) is 62.4 Å². The number of nitrogens with one attached hydrogen (secondary N) is 7. The van der Waals surface area contributed by atoms with E-state index < -0.39 is 134 Å². The Balaban J connectivity index is 1.06. The number of thiocarbonyl (C=S) groups is 1. The van der Waals surface area contributed by atoms with Gasteiger partial charge in [-0.2, -0.15) is 11.8 Å². The summed E-state index contributed by atoms with van der Waals surface area (Å²) >= 11 is 6.96. The number of phenols is 1. The first-order valence-corrected chi connectivity index (χ1v) is 39.4. The van der Waals surface area contributed by atoms with E-state index in [1.165, 1.54) is 61.7 Å². The van der Waals surface area contributed by atoms with Crippen molar-refractivity contribution in [3.63, 3.8) is 0 Å². The zero-order valence-corrected chi connectivity index (χ0v) is 65.8. The molecule has 8 rings (SSSR count). The molecule has 0 spiro atoms. The van der Waals surface area contributed by atoms with Gasteiger partial charge in [0.1, 0.15) is 23.1 Å². The molecule has 4 aromatic rings. The SMILES string of the molecule is CC(C)C[C@H]1CN(C(=O)CCc2ccccc2)CC(=O)N[C@@H](CCC(=O)O)CN(C(=O)CCCN)CC(=O)N[C@@H](C)CN(C(=O)CCCN)CC(=O)N[C@@H](C)CN(CC(=O)N[C@@H](CCCCNC(=S)Nc2ccc(-c3c4ccc(=O)cc-4oc4cc(O)ccc34)c(C(=O)O)c2)C(N)=O)C(=O)CCSCc2ccc(cc2)C(=O)N1. The number of aliphatic carboxylic acids is 1. The lowest BCUT2D eigenvalue weighted by atomic mass is 9.90. The second-order valence-electron chi connectivity index (χ2n) is 28.6. The standard InChI is InChI=1S/C80H104N14O17S2/c1-49(2)36-57-43-94(73(103)29-19-52-12-6-5-7-13-52)46-69(99)87-56(23-30-75(105)106)42-93(72(102)16-11-33-82)45-68(98)86-50(3)40-91(71(101)15-10-32-81)44-67(97)85-51(4)41-92(74(104)31-35-113-48-53-17-20-54(21-18-53)78(108)88-57)47-70(100)90-64(77(83)107)14-8-9-34-84-80(112)89-55-22-26-60(63(37-55)79(109)110)76-61-27-24-58(95)38-65(61)111-66-39-59(96)25-28-62(66)76/h5-7,12-13,17-18,20-22,24-28,37-39,49-51,56-57,64,95H,8-11,14-16,19,23,29-36,40-48,81-82H2,1-4H3,(H2,83,107)(H,85,97)(H,86,98)(H,87,99)(H,88,108)(H,90,100)(H,105,106)(H,109,110)(H2,84,89,112)/t50-,51-,56-,57-,64-/m0/s1. The minimum absolute atomic E-state index is 0.00250. The van der Waals surface area contributed by atoms with Crippen LogP contribution in [0.5, 0.6) is 5.75 Å². The van der Waals surface area contributed by atoms with Crippen LogP contribution >= 0.6 is 24.0 Å². The van der Waals surface area contributed by atoms with Crippen LogP contribution in [0.15, 0.2) is 118 Å². The summed E-state index contributed by atoms with van der Waals surface area (Å²) in [6, 6.07) is 24.6. The van der Waals surface area contributed by atoms with Crippen molar-refractivity contribution in [2.24, 2.45) is 23.1 Å². The average molecular weight is 1600 g/mol. The van der Waals surface area contributed by atoms with Crippen LogP contribution in [0.2, 0.25) is 0 Å². The molecule has 31 nitrogen and oxygen atoms in total. The lowest BCUT2D eigenvalue weighted by Gasteiger charge is -2.31. The third-order valence-electron chi connectivity index (χ3n) is 18.5. The fourth-order valence-corrected chi connectivity index (χ4v) is 14.2. The van der Waals surface area contributed by atoms with E-state index >= 15 is 0 Å². The third-order valence-corrected chi connectivity index (χ3v) is 19.8. The van der Waals surface area contributed by atoms with Crippen molar-refractivity contribution in [3.8, 4) is 28.2 Å². The monoisotopic (exact) mass is 1600 g/mol. The van der Waals surface area contributed by atoms with Crippen LogP contribution in [0, 0.1) is 5.92 Å². The average Bonchev–Trinajstić information content (AvgIpc) is 0.747. The summed E-state index contributed by atoms with van der Waals surface area (Å²) in [5.74, 6) is -7.76. The van der Waals surface area contributed by atoms with Crippen LogP contribution in [0.1, 0.15) is 137 Å². The van der Waals surface area contributed by atoms with Gasteiger partial charge in [0, 0.05) is 140 Å². The highest BCUT2D eigenvalue weighted by Gasteiger charge is 2.31. The summed E-state index contributed by atoms with van der Waals surface area (Å²) in [6.45, 7) is 4.50. The number of fused-ring (bicyclic) bond motifs is 31. The highest BCUT2D eigenvalue weighted by atomic mass is 32.2. The Morgan fingerprint density at radius 3 is 1.92 bits per heavy atom. The number of carboxylic acid groups (broad SMARTS) is 2. The molecule has 0 saturated carbocycles. The first-order valence-electron chi connectivity index (χ1n) is 37.8. The van der Waals surface area contributed by atoms with Crippen molar-refractivity contribution in [1.29, 1.82) is 0 Å². The molecule has 0 aromatic heterocycles. The number of carbonyl (C=O) groups excluding carboxylic acids is 10. The highest BCUT2D eigenvalue weighted by molar-refractivity contribution is 7.98. The maximum Gasteiger partial charge on any atom is 0.336 e. The number of aromatic hydroxyl groups is 1. The molecule has 4 aromatic carbocycles. The first kappa shape index (κ1) is 89.2. The Hall–Kier alpha value is -11.0. The summed E-state index contributed by atoms with van der Waals surface area (Å²) in [4.78, 5) is 182. The van der Waals surface area contributed by atoms with Crippen LogP contribution in [0.3, 0.4) is 0 Å². The van der Waals surface area contributed by atoms with Crippen molar-refractivity contribution < 1.29 is 77.3 Å². The van der Waals surface area contributed by atoms with Crippen LogP contribution < -0.4 is 59.8 Å². The summed E-state index contributed by atoms with van der Waals surface area (Å²) in [6.07, 6.45) is 1.08. The van der Waals surface area contributed by atoms with Gasteiger partial charge in [0.15, 0.2) is 10.5 Å². The van der Waals surface area contributed by atoms with Crippen molar-refractivity contribution in [2.45, 2.75) is 147 Å². The summed E-state index contributed by atoms with van der Waals surface area (Å²) in [5.41, 5.74) is 20.7. The molecule has 33 heteroatoms. The molecule has 1 aliphatic carbocycles. The van der Waals surface area contributed by atoms with Crippen molar-refractivity contribution in [3.05, 3.63) is 142 Å². The minimum Gasteiger partial charge on any atom is -0.508 e. The maximum absolute atomic E-state index is 14.4. The Morgan fingerprint density at radius 2 is 1.29 bits per heavy atom. The van der Waals surface area contributed by atoms with E-state index in [1.807, 2.05) is 44.2 Å². The largest absolute Gasteiger partial charge is 0.508 e. The number of anilines is 1. The zero-order valence-electron chi connectivity index (χ0n) is 64.1. The van der Waals surface area contributed by atoms with Crippen molar-refractivity contribution >= 4 is 117 Å². The van der Waals surface area contributed by atoms with Gasteiger partial charge in [-0.25, -0.2) is 4.79 Å². The fourth-order valence-electron chi connectivity index (χ4n) is 13.1. The molecule has 0 fully saturated rings. The number of phenolic OH excluding ortho intramolecular Hbond substituents is 1. The Kier molecular flexibility index (Phi) is 35.4. The number of unbranched alkanes of at least 4 members (excludes halogenated alkanes) is 1. The Bertz CT molecular complexity index is 4360. The Labute approximate surface area is 665 Å². The predicted octanol–water partition coefficient (Wildman–Crippen LogP) is 4.66. The number of primary amides is 1. The molecular formula is C80H104N14O17S2.